The first kappa shape index (κ1) is 22.3. The Morgan fingerprint density at radius 3 is 2.72 bits per heavy atom. The molecule has 13 heteroatoms. The molecule has 186 valence electrons. The molecule has 2 N–H and O–H groups in total. The number of carbonyl (C=O) groups excluding carboxylic acids is 1. The van der Waals surface area contributed by atoms with Crippen LogP contribution in [0.25, 0.3) is 16.6 Å². The third kappa shape index (κ3) is 3.45. The summed E-state index contributed by atoms with van der Waals surface area (Å²) >= 11 is 0. The maximum Gasteiger partial charge on any atom is 0.573 e. The van der Waals surface area contributed by atoms with Gasteiger partial charge in [-0.3, -0.25) is 9.20 Å². The van der Waals surface area contributed by atoms with Gasteiger partial charge < -0.3 is 20.1 Å². The van der Waals surface area contributed by atoms with Crippen LogP contribution in [-0.4, -0.2) is 44.2 Å². The van der Waals surface area contributed by atoms with Gasteiger partial charge >= 0.3 is 6.36 Å². The number of nitrogen functional groups attached to an aromatic ring is 1. The molecule has 2 aliphatic heterocycles. The minimum Gasteiger partial charge on any atom is -0.487 e. The number of alkyl halides is 3. The van der Waals surface area contributed by atoms with E-state index in [-0.39, 0.29) is 34.8 Å². The van der Waals surface area contributed by atoms with Gasteiger partial charge in [0, 0.05) is 24.2 Å². The summed E-state index contributed by atoms with van der Waals surface area (Å²) in [6.07, 6.45) is -1.81. The lowest BCUT2D eigenvalue weighted by Gasteiger charge is -2.36. The first-order valence-electron chi connectivity index (χ1n) is 10.9. The summed E-state index contributed by atoms with van der Waals surface area (Å²) < 4.78 is 78.6. The normalized spacial score (nSPS) is 19.3. The Hall–Kier alpha value is -4.16. The van der Waals surface area contributed by atoms with E-state index in [4.69, 9.17) is 10.5 Å². The molecule has 0 bridgehead atoms. The Morgan fingerprint density at radius 2 is 1.94 bits per heavy atom. The number of ether oxygens (including phenoxy) is 2. The van der Waals surface area contributed by atoms with Crippen LogP contribution in [0.2, 0.25) is 0 Å². The highest BCUT2D eigenvalue weighted by atomic mass is 19.4. The monoisotopic (exact) mass is 505 g/mol. The molecule has 0 saturated carbocycles. The highest BCUT2D eigenvalue weighted by Gasteiger charge is 2.45. The van der Waals surface area contributed by atoms with Crippen LogP contribution in [0.3, 0.4) is 0 Å². The van der Waals surface area contributed by atoms with Crippen molar-refractivity contribution >= 4 is 28.3 Å². The molecule has 4 aromatic rings. The molecule has 1 amide bonds. The van der Waals surface area contributed by atoms with Crippen LogP contribution in [0.4, 0.5) is 27.8 Å². The quantitative estimate of drug-likeness (QED) is 0.407. The number of carbonyl (C=O) groups is 1. The molecule has 4 heterocycles. The van der Waals surface area contributed by atoms with Crippen molar-refractivity contribution in [2.24, 2.45) is 0 Å². The molecule has 0 aliphatic carbocycles. The summed E-state index contributed by atoms with van der Waals surface area (Å²) in [5.41, 5.74) is 6.94. The SMILES string of the molecule is Nc1nc2cc(F)c(C(=O)N3CCC[C@@H]4Oc5cc(OC(F)(F)F)c(F)cc5C43)cc2n2cncc12. The fourth-order valence-corrected chi connectivity index (χ4v) is 4.95. The maximum atomic E-state index is 15.1. The number of hydrogen-bond acceptors (Lipinski definition) is 6. The third-order valence-electron chi connectivity index (χ3n) is 6.42. The van der Waals surface area contributed by atoms with Gasteiger partial charge in [-0.25, -0.2) is 18.7 Å². The number of aromatic nitrogens is 3. The van der Waals surface area contributed by atoms with E-state index < -0.39 is 41.8 Å². The molecule has 2 aliphatic rings. The molecular weight excluding hydrogens is 489 g/mol. The molecule has 1 unspecified atom stereocenters. The number of fused-ring (bicyclic) bond motifs is 6. The Balaban J connectivity index is 1.41. The zero-order valence-corrected chi connectivity index (χ0v) is 18.2. The van der Waals surface area contributed by atoms with Crippen molar-refractivity contribution in [2.75, 3.05) is 12.3 Å². The predicted molar refractivity (Wildman–Crippen MR) is 115 cm³/mol. The predicted octanol–water partition coefficient (Wildman–Crippen LogP) is 4.38. The average molecular weight is 505 g/mol. The number of benzene rings is 2. The van der Waals surface area contributed by atoms with E-state index in [2.05, 4.69) is 14.7 Å². The van der Waals surface area contributed by atoms with Gasteiger partial charge in [-0.2, -0.15) is 0 Å². The lowest BCUT2D eigenvalue weighted by Crippen LogP contribution is -2.44. The van der Waals surface area contributed by atoms with Crippen LogP contribution < -0.4 is 15.2 Å². The summed E-state index contributed by atoms with van der Waals surface area (Å²) in [6, 6.07) is 3.31. The largest absolute Gasteiger partial charge is 0.573 e. The van der Waals surface area contributed by atoms with Crippen LogP contribution in [0.15, 0.2) is 36.8 Å². The molecule has 36 heavy (non-hydrogen) atoms. The number of imidazole rings is 1. The van der Waals surface area contributed by atoms with E-state index in [1.54, 1.807) is 4.40 Å². The van der Waals surface area contributed by atoms with Crippen molar-refractivity contribution in [3.05, 3.63) is 59.6 Å². The summed E-state index contributed by atoms with van der Waals surface area (Å²) in [5, 5.41) is 0. The van der Waals surface area contributed by atoms with Crippen molar-refractivity contribution in [3.63, 3.8) is 0 Å². The van der Waals surface area contributed by atoms with Gasteiger partial charge in [-0.15, -0.1) is 13.2 Å². The Kier molecular flexibility index (Phi) is 4.75. The molecular formula is C23H16F5N5O3. The number of amides is 1. The second kappa shape index (κ2) is 7.67. The van der Waals surface area contributed by atoms with E-state index in [0.29, 0.717) is 23.9 Å². The van der Waals surface area contributed by atoms with Gasteiger partial charge in [0.2, 0.25) is 0 Å². The van der Waals surface area contributed by atoms with Gasteiger partial charge in [-0.05, 0) is 25.0 Å². The van der Waals surface area contributed by atoms with Crippen molar-refractivity contribution in [3.8, 4) is 11.5 Å². The van der Waals surface area contributed by atoms with Crippen LogP contribution >= 0.6 is 0 Å². The average Bonchev–Trinajstić information content (AvgIpc) is 3.43. The number of likely N-dealkylation sites (tertiary alicyclic amines) is 1. The first-order valence-corrected chi connectivity index (χ1v) is 10.9. The molecule has 0 radical (unpaired) electrons. The third-order valence-corrected chi connectivity index (χ3v) is 6.42. The van der Waals surface area contributed by atoms with Crippen molar-refractivity contribution < 1.29 is 36.2 Å². The zero-order valence-electron chi connectivity index (χ0n) is 18.2. The van der Waals surface area contributed by atoms with Gasteiger partial charge in [-0.1, -0.05) is 0 Å². The lowest BCUT2D eigenvalue weighted by molar-refractivity contribution is -0.275. The molecule has 1 saturated heterocycles. The van der Waals surface area contributed by atoms with Crippen LogP contribution in [0, 0.1) is 11.6 Å². The van der Waals surface area contributed by atoms with Gasteiger partial charge in [0.15, 0.2) is 11.6 Å². The lowest BCUT2D eigenvalue weighted by atomic mass is 9.93. The number of hydrogen-bond donors (Lipinski definition) is 1. The maximum absolute atomic E-state index is 15.1. The summed E-state index contributed by atoms with van der Waals surface area (Å²) in [4.78, 5) is 23.1. The van der Waals surface area contributed by atoms with E-state index in [0.717, 1.165) is 18.2 Å². The molecule has 2 atom stereocenters. The summed E-state index contributed by atoms with van der Waals surface area (Å²) in [6.45, 7) is 0.211. The number of halogens is 5. The van der Waals surface area contributed by atoms with E-state index >= 15 is 4.39 Å². The number of nitrogens with zero attached hydrogens (tertiary/aromatic N) is 4. The smallest absolute Gasteiger partial charge is 0.487 e. The van der Waals surface area contributed by atoms with E-state index in [1.165, 1.54) is 23.5 Å². The highest BCUT2D eigenvalue weighted by molar-refractivity contribution is 5.99. The summed E-state index contributed by atoms with van der Waals surface area (Å²) in [5.74, 6) is -3.68. The van der Waals surface area contributed by atoms with Crippen molar-refractivity contribution in [2.45, 2.75) is 31.3 Å². The number of nitrogens with two attached hydrogens (primary N) is 1. The van der Waals surface area contributed by atoms with E-state index in [9.17, 15) is 22.4 Å². The molecule has 2 aromatic carbocycles. The van der Waals surface area contributed by atoms with Crippen molar-refractivity contribution in [1.82, 2.24) is 19.3 Å². The molecule has 1 fully saturated rings. The van der Waals surface area contributed by atoms with Crippen LogP contribution in [0.1, 0.15) is 34.8 Å². The molecule has 6 rings (SSSR count). The van der Waals surface area contributed by atoms with Gasteiger partial charge in [0.1, 0.15) is 29.0 Å². The minimum absolute atomic E-state index is 0.0240. The fourth-order valence-electron chi connectivity index (χ4n) is 4.95. The van der Waals surface area contributed by atoms with Crippen molar-refractivity contribution in [1.29, 1.82) is 0 Å². The Labute approximate surface area is 199 Å². The highest BCUT2D eigenvalue weighted by Crippen LogP contribution is 2.47. The van der Waals surface area contributed by atoms with Crippen LogP contribution in [0.5, 0.6) is 11.5 Å². The zero-order chi connectivity index (χ0) is 25.4. The number of anilines is 1. The first-order chi connectivity index (χ1) is 17.1. The second-order valence-corrected chi connectivity index (χ2v) is 8.58. The van der Waals surface area contributed by atoms with Crippen LogP contribution in [-0.2, 0) is 0 Å². The molecule has 0 spiro atoms. The van der Waals surface area contributed by atoms with Gasteiger partial charge in [0.05, 0.1) is 35.2 Å². The topological polar surface area (TPSA) is 95.0 Å². The number of piperidine rings is 1. The Bertz CT molecular complexity index is 1550. The van der Waals surface area contributed by atoms with Gasteiger partial charge in [0.25, 0.3) is 5.91 Å². The summed E-state index contributed by atoms with van der Waals surface area (Å²) in [7, 11) is 0. The standard InChI is InChI=1S/C23H16F5N5O3/c24-12-6-14-15(33-9-30-8-16(33)21(29)31-14)5-10(12)22(34)32-3-1-2-17-20(32)11-4-13(25)19(7-18(11)35-17)36-23(26,27)28/h4-9,17,20H,1-3H2,(H2,29,31)/t17-,20?/m0/s1. The second-order valence-electron chi connectivity index (χ2n) is 8.58. The minimum atomic E-state index is -5.09. The number of rotatable bonds is 2. The molecule has 8 nitrogen and oxygen atoms in total. The fraction of sp³-hybridized carbons (Fsp3) is 0.261. The Morgan fingerprint density at radius 1 is 1.14 bits per heavy atom. The van der Waals surface area contributed by atoms with E-state index in [1.807, 2.05) is 0 Å². The molecule has 2 aromatic heterocycles.